The van der Waals surface area contributed by atoms with Crippen LogP contribution in [0.3, 0.4) is 0 Å². The average Bonchev–Trinajstić information content (AvgIpc) is 2.67. The van der Waals surface area contributed by atoms with Crippen LogP contribution in [0.5, 0.6) is 5.75 Å². The van der Waals surface area contributed by atoms with Gasteiger partial charge in [-0.25, -0.2) is 0 Å². The van der Waals surface area contributed by atoms with Crippen molar-refractivity contribution in [3.63, 3.8) is 0 Å². The monoisotopic (exact) mass is 356 g/mol. The topological polar surface area (TPSA) is 76.7 Å². The minimum Gasteiger partial charge on any atom is -0.481 e. The summed E-state index contributed by atoms with van der Waals surface area (Å²) in [4.78, 5) is 24.9. The highest BCUT2D eigenvalue weighted by Gasteiger charge is 2.20. The van der Waals surface area contributed by atoms with Crippen LogP contribution in [-0.4, -0.2) is 38.2 Å². The molecule has 6 nitrogen and oxygen atoms in total. The van der Waals surface area contributed by atoms with Crippen LogP contribution in [0.25, 0.3) is 0 Å². The molecule has 1 atom stereocenters. The normalized spacial score (nSPS) is 11.5. The lowest BCUT2D eigenvalue weighted by Gasteiger charge is -2.18. The molecule has 0 spiro atoms. The van der Waals surface area contributed by atoms with Gasteiger partial charge in [-0.05, 0) is 30.7 Å². The SMILES string of the molecule is CCC(Oc1ccccc1)C(=O)Nc1ccccc1C(=O)NCCOC. The summed E-state index contributed by atoms with van der Waals surface area (Å²) in [7, 11) is 1.57. The van der Waals surface area contributed by atoms with Crippen LogP contribution in [0.1, 0.15) is 23.7 Å². The molecule has 0 aliphatic rings. The Labute approximate surface area is 153 Å². The molecule has 0 aliphatic carbocycles. The Morgan fingerprint density at radius 2 is 1.73 bits per heavy atom. The number of carbonyl (C=O) groups excluding carboxylic acids is 2. The van der Waals surface area contributed by atoms with E-state index in [1.165, 1.54) is 0 Å². The Morgan fingerprint density at radius 3 is 2.42 bits per heavy atom. The molecule has 0 aromatic heterocycles. The van der Waals surface area contributed by atoms with E-state index in [1.807, 2.05) is 25.1 Å². The second-order valence-corrected chi connectivity index (χ2v) is 5.61. The van der Waals surface area contributed by atoms with Crippen molar-refractivity contribution < 1.29 is 19.1 Å². The molecule has 26 heavy (non-hydrogen) atoms. The molecule has 2 aromatic carbocycles. The van der Waals surface area contributed by atoms with Crippen molar-refractivity contribution in [1.29, 1.82) is 0 Å². The maximum atomic E-state index is 12.6. The fraction of sp³-hybridized carbons (Fsp3) is 0.300. The van der Waals surface area contributed by atoms with Gasteiger partial charge in [0.1, 0.15) is 5.75 Å². The van der Waals surface area contributed by atoms with E-state index < -0.39 is 6.10 Å². The number of hydrogen-bond acceptors (Lipinski definition) is 4. The highest BCUT2D eigenvalue weighted by molar-refractivity contribution is 6.04. The Bertz CT molecular complexity index is 719. The third kappa shape index (κ3) is 5.60. The zero-order valence-electron chi connectivity index (χ0n) is 15.0. The first-order valence-electron chi connectivity index (χ1n) is 8.54. The number of para-hydroxylation sites is 2. The third-order valence-corrected chi connectivity index (χ3v) is 3.71. The molecule has 0 radical (unpaired) electrons. The van der Waals surface area contributed by atoms with Crippen LogP contribution < -0.4 is 15.4 Å². The minimum absolute atomic E-state index is 0.269. The fourth-order valence-corrected chi connectivity index (χ4v) is 2.35. The van der Waals surface area contributed by atoms with Crippen molar-refractivity contribution in [2.24, 2.45) is 0 Å². The number of anilines is 1. The summed E-state index contributed by atoms with van der Waals surface area (Å²) >= 11 is 0. The quantitative estimate of drug-likeness (QED) is 0.678. The van der Waals surface area contributed by atoms with Crippen molar-refractivity contribution >= 4 is 17.5 Å². The van der Waals surface area contributed by atoms with Crippen LogP contribution in [0, 0.1) is 0 Å². The molecule has 2 rings (SSSR count). The van der Waals surface area contributed by atoms with Crippen LogP contribution in [0.2, 0.25) is 0 Å². The van der Waals surface area contributed by atoms with Crippen LogP contribution in [0.15, 0.2) is 54.6 Å². The number of ether oxygens (including phenoxy) is 2. The number of rotatable bonds is 9. The van der Waals surface area contributed by atoms with Gasteiger partial charge < -0.3 is 20.1 Å². The standard InChI is InChI=1S/C20H24N2O4/c1-3-18(26-15-9-5-4-6-10-15)20(24)22-17-12-8-7-11-16(17)19(23)21-13-14-25-2/h4-12,18H,3,13-14H2,1-2H3,(H,21,23)(H,22,24). The third-order valence-electron chi connectivity index (χ3n) is 3.71. The van der Waals surface area contributed by atoms with Crippen molar-refractivity contribution in [3.05, 3.63) is 60.2 Å². The van der Waals surface area contributed by atoms with E-state index >= 15 is 0 Å². The highest BCUT2D eigenvalue weighted by atomic mass is 16.5. The predicted molar refractivity (Wildman–Crippen MR) is 100 cm³/mol. The molecule has 0 heterocycles. The van der Waals surface area contributed by atoms with Gasteiger partial charge in [0.05, 0.1) is 17.9 Å². The molecular weight excluding hydrogens is 332 g/mol. The molecule has 2 aromatic rings. The number of benzene rings is 2. The van der Waals surface area contributed by atoms with E-state index in [1.54, 1.807) is 43.5 Å². The largest absolute Gasteiger partial charge is 0.481 e. The second-order valence-electron chi connectivity index (χ2n) is 5.61. The Morgan fingerprint density at radius 1 is 1.04 bits per heavy atom. The minimum atomic E-state index is -0.651. The molecule has 1 unspecified atom stereocenters. The molecule has 6 heteroatoms. The molecule has 2 N–H and O–H groups in total. The smallest absolute Gasteiger partial charge is 0.265 e. The summed E-state index contributed by atoms with van der Waals surface area (Å²) in [5.74, 6) is 0.0589. The molecule has 0 bridgehead atoms. The number of amides is 2. The summed E-state index contributed by atoms with van der Waals surface area (Å²) in [5, 5.41) is 5.55. The summed E-state index contributed by atoms with van der Waals surface area (Å²) in [5.41, 5.74) is 0.842. The van der Waals surface area contributed by atoms with E-state index in [0.717, 1.165) is 0 Å². The van der Waals surface area contributed by atoms with Crippen molar-refractivity contribution in [3.8, 4) is 5.75 Å². The van der Waals surface area contributed by atoms with E-state index in [2.05, 4.69) is 10.6 Å². The number of nitrogens with one attached hydrogen (secondary N) is 2. The lowest BCUT2D eigenvalue weighted by Crippen LogP contribution is -2.34. The van der Waals surface area contributed by atoms with Crippen molar-refractivity contribution in [1.82, 2.24) is 5.32 Å². The van der Waals surface area contributed by atoms with Gasteiger partial charge in [-0.15, -0.1) is 0 Å². The van der Waals surface area contributed by atoms with Gasteiger partial charge in [-0.2, -0.15) is 0 Å². The first-order chi connectivity index (χ1) is 12.7. The molecule has 0 saturated carbocycles. The van der Waals surface area contributed by atoms with E-state index in [0.29, 0.717) is 36.6 Å². The Kier molecular flexibility index (Phi) is 7.64. The average molecular weight is 356 g/mol. The highest BCUT2D eigenvalue weighted by Crippen LogP contribution is 2.18. The first kappa shape index (κ1) is 19.5. The summed E-state index contributed by atoms with van der Waals surface area (Å²) in [6.07, 6.45) is -0.148. The van der Waals surface area contributed by atoms with Crippen molar-refractivity contribution in [2.45, 2.75) is 19.4 Å². The predicted octanol–water partition coefficient (Wildman–Crippen LogP) is 2.86. The number of methoxy groups -OCH3 is 1. The summed E-state index contributed by atoms with van der Waals surface area (Å²) in [6.45, 7) is 2.69. The first-order valence-corrected chi connectivity index (χ1v) is 8.54. The molecular formula is C20H24N2O4. The molecule has 0 aliphatic heterocycles. The molecule has 0 saturated heterocycles. The summed E-state index contributed by atoms with van der Waals surface area (Å²) in [6, 6.07) is 16.0. The van der Waals surface area contributed by atoms with Crippen LogP contribution >= 0.6 is 0 Å². The summed E-state index contributed by atoms with van der Waals surface area (Å²) < 4.78 is 10.7. The van der Waals surface area contributed by atoms with Gasteiger partial charge in [0.2, 0.25) is 0 Å². The van der Waals surface area contributed by atoms with Crippen LogP contribution in [0.4, 0.5) is 5.69 Å². The molecule has 2 amide bonds. The lowest BCUT2D eigenvalue weighted by atomic mass is 10.1. The zero-order valence-corrected chi connectivity index (χ0v) is 15.0. The van der Waals surface area contributed by atoms with E-state index in [4.69, 9.17) is 9.47 Å². The van der Waals surface area contributed by atoms with Gasteiger partial charge in [-0.1, -0.05) is 37.3 Å². The second kappa shape index (κ2) is 10.2. The van der Waals surface area contributed by atoms with E-state index in [-0.39, 0.29) is 11.8 Å². The Balaban J connectivity index is 2.06. The van der Waals surface area contributed by atoms with Crippen LogP contribution in [-0.2, 0) is 9.53 Å². The fourth-order valence-electron chi connectivity index (χ4n) is 2.35. The van der Waals surface area contributed by atoms with Gasteiger partial charge in [0, 0.05) is 13.7 Å². The van der Waals surface area contributed by atoms with Gasteiger partial charge in [0.25, 0.3) is 11.8 Å². The van der Waals surface area contributed by atoms with Gasteiger partial charge >= 0.3 is 0 Å². The lowest BCUT2D eigenvalue weighted by molar-refractivity contribution is -0.122. The molecule has 138 valence electrons. The number of carbonyl (C=O) groups is 2. The Hall–Kier alpha value is -2.86. The molecule has 0 fully saturated rings. The number of hydrogen-bond donors (Lipinski definition) is 2. The van der Waals surface area contributed by atoms with Gasteiger partial charge in [-0.3, -0.25) is 9.59 Å². The van der Waals surface area contributed by atoms with Crippen molar-refractivity contribution in [2.75, 3.05) is 25.6 Å². The maximum Gasteiger partial charge on any atom is 0.265 e. The van der Waals surface area contributed by atoms with Gasteiger partial charge in [0.15, 0.2) is 6.10 Å². The zero-order chi connectivity index (χ0) is 18.8. The van der Waals surface area contributed by atoms with E-state index in [9.17, 15) is 9.59 Å². The maximum absolute atomic E-state index is 12.6.